The highest BCUT2D eigenvalue weighted by Gasteiger charge is 2.17. The highest BCUT2D eigenvalue weighted by atomic mass is 16.3. The number of para-hydroxylation sites is 1. The van der Waals surface area contributed by atoms with Gasteiger partial charge in [0.2, 0.25) is 5.71 Å². The fraction of sp³-hybridized carbons (Fsp3) is 0.304. The second kappa shape index (κ2) is 6.24. The number of hydrogen-bond acceptors (Lipinski definition) is 3. The molecule has 0 radical (unpaired) electrons. The lowest BCUT2D eigenvalue weighted by atomic mass is 9.91. The molecule has 1 atom stereocenters. The van der Waals surface area contributed by atoms with Crippen LogP contribution in [0, 0.1) is 6.92 Å². The normalized spacial score (nSPS) is 22.3. The van der Waals surface area contributed by atoms with E-state index in [-0.39, 0.29) is 5.69 Å². The van der Waals surface area contributed by atoms with Gasteiger partial charge in [-0.05, 0) is 54.1 Å². The van der Waals surface area contributed by atoms with Crippen LogP contribution < -0.4 is 0 Å². The van der Waals surface area contributed by atoms with Crippen molar-refractivity contribution in [1.29, 1.82) is 0 Å². The molecular weight excluding hydrogens is 320 g/mol. The molecule has 0 fully saturated rings. The van der Waals surface area contributed by atoms with Crippen molar-refractivity contribution in [3.63, 3.8) is 0 Å². The molecule has 26 heavy (non-hydrogen) atoms. The van der Waals surface area contributed by atoms with Crippen LogP contribution in [0.1, 0.15) is 71.2 Å². The summed E-state index contributed by atoms with van der Waals surface area (Å²) in [6, 6.07) is 9.88. The summed E-state index contributed by atoms with van der Waals surface area (Å²) in [5.41, 5.74) is 0.754. The monoisotopic (exact) mass is 355 g/mol. The van der Waals surface area contributed by atoms with E-state index in [0.717, 1.165) is 30.3 Å². The molecule has 0 aliphatic carbocycles. The van der Waals surface area contributed by atoms with E-state index in [0.29, 0.717) is 22.2 Å². The summed E-state index contributed by atoms with van der Waals surface area (Å²) < 4.78 is 94.7. The highest BCUT2D eigenvalue weighted by Crippen LogP contribution is 2.36. The van der Waals surface area contributed by atoms with E-state index in [2.05, 4.69) is 9.97 Å². The van der Waals surface area contributed by atoms with Crippen LogP contribution in [0.2, 0.25) is 0 Å². The first-order valence-electron chi connectivity index (χ1n) is 13.6. The lowest BCUT2D eigenvalue weighted by Crippen LogP contribution is -2.01. The molecule has 3 nitrogen and oxygen atoms in total. The summed E-state index contributed by atoms with van der Waals surface area (Å²) in [6.45, 7) is -6.95. The standard InChI is InChI=1S/C23H24N2O/c1-13(2)19-11-21(24-12-20(19)14(3)4)18-8-6-7-16-17-10-9-15(5)25-23(17)26-22(16)18/h6-14H,1-5H3/i1D3,2D3,3D3,13D,14D. The second-order valence-corrected chi connectivity index (χ2v) is 6.20. The molecule has 3 heterocycles. The largest absolute Gasteiger partial charge is 0.437 e. The van der Waals surface area contributed by atoms with Crippen molar-refractivity contribution in [3.05, 3.63) is 59.4 Å². The first-order chi connectivity index (χ1) is 16.8. The maximum atomic E-state index is 8.77. The van der Waals surface area contributed by atoms with E-state index >= 15 is 0 Å². The van der Waals surface area contributed by atoms with Crippen molar-refractivity contribution in [2.45, 2.75) is 46.2 Å². The SMILES string of the molecule is [2H]C([2H])([2H])C([2H])(C)c1cnc(-c2cccc3c2oc2nc(C)ccc23)cc1C([2H])(C([2H])([2H])[2H])C([2H])([2H])[2H]. The molecule has 0 amide bonds. The van der Waals surface area contributed by atoms with Gasteiger partial charge in [0.1, 0.15) is 5.58 Å². The molecule has 132 valence electrons. The summed E-state index contributed by atoms with van der Waals surface area (Å²) in [6.07, 6.45) is 0.981. The Morgan fingerprint density at radius 3 is 2.69 bits per heavy atom. The molecule has 3 aromatic heterocycles. The van der Waals surface area contributed by atoms with Gasteiger partial charge in [-0.25, -0.2) is 4.98 Å². The highest BCUT2D eigenvalue weighted by molar-refractivity contribution is 6.08. The molecular formula is C23H24N2O. The summed E-state index contributed by atoms with van der Waals surface area (Å²) in [7, 11) is 0. The van der Waals surface area contributed by atoms with Gasteiger partial charge in [-0.15, -0.1) is 0 Å². The van der Waals surface area contributed by atoms with E-state index in [1.54, 1.807) is 25.1 Å². The molecule has 1 unspecified atom stereocenters. The molecule has 0 saturated carbocycles. The van der Waals surface area contributed by atoms with E-state index < -0.39 is 43.5 Å². The average Bonchev–Trinajstić information content (AvgIpc) is 3.13. The van der Waals surface area contributed by atoms with E-state index in [4.69, 9.17) is 19.5 Å². The van der Waals surface area contributed by atoms with Crippen molar-refractivity contribution in [1.82, 2.24) is 9.97 Å². The van der Waals surface area contributed by atoms with Crippen molar-refractivity contribution in [2.24, 2.45) is 0 Å². The minimum Gasteiger partial charge on any atom is -0.437 e. The number of hydrogen-bond donors (Lipinski definition) is 0. The minimum absolute atomic E-state index is 0.0617. The smallest absolute Gasteiger partial charge is 0.227 e. The Morgan fingerprint density at radius 2 is 1.88 bits per heavy atom. The summed E-state index contributed by atoms with van der Waals surface area (Å²) >= 11 is 0. The predicted octanol–water partition coefficient (Wildman–Crippen LogP) is 6.60. The number of rotatable bonds is 3. The Kier molecular flexibility index (Phi) is 2.00. The van der Waals surface area contributed by atoms with Gasteiger partial charge < -0.3 is 4.42 Å². The number of fused-ring (bicyclic) bond motifs is 3. The van der Waals surface area contributed by atoms with Crippen molar-refractivity contribution < 1.29 is 19.5 Å². The van der Waals surface area contributed by atoms with E-state index in [1.165, 1.54) is 0 Å². The third-order valence-corrected chi connectivity index (χ3v) is 4.36. The Bertz CT molecular complexity index is 1480. The van der Waals surface area contributed by atoms with Crippen LogP contribution in [0.3, 0.4) is 0 Å². The van der Waals surface area contributed by atoms with Gasteiger partial charge in [0.05, 0.1) is 5.69 Å². The quantitative estimate of drug-likeness (QED) is 0.415. The molecule has 4 rings (SSSR count). The summed E-state index contributed by atoms with van der Waals surface area (Å²) in [5, 5.41) is 1.41. The summed E-state index contributed by atoms with van der Waals surface area (Å²) in [4.78, 5) is 8.69. The van der Waals surface area contributed by atoms with Crippen LogP contribution in [0.25, 0.3) is 33.3 Å². The Balaban J connectivity index is 2.10. The number of furan rings is 1. The fourth-order valence-corrected chi connectivity index (χ4v) is 3.08. The zero-order valence-corrected chi connectivity index (χ0v) is 14.3. The maximum Gasteiger partial charge on any atom is 0.227 e. The van der Waals surface area contributed by atoms with Gasteiger partial charge in [-0.1, -0.05) is 39.6 Å². The third-order valence-electron chi connectivity index (χ3n) is 4.36. The maximum absolute atomic E-state index is 8.77. The zero-order valence-electron chi connectivity index (χ0n) is 25.3. The lowest BCUT2D eigenvalue weighted by molar-refractivity contribution is 0.653. The Morgan fingerprint density at radius 1 is 1.04 bits per heavy atom. The second-order valence-electron chi connectivity index (χ2n) is 6.20. The molecule has 3 heteroatoms. The molecule has 0 bridgehead atoms. The molecule has 0 saturated heterocycles. The van der Waals surface area contributed by atoms with E-state index in [1.807, 2.05) is 12.1 Å². The van der Waals surface area contributed by atoms with Crippen LogP contribution in [0.5, 0.6) is 0 Å². The topological polar surface area (TPSA) is 38.9 Å². The fourth-order valence-electron chi connectivity index (χ4n) is 3.08. The summed E-state index contributed by atoms with van der Waals surface area (Å²) in [5.74, 6) is -5.70. The van der Waals surface area contributed by atoms with Gasteiger partial charge in [-0.2, -0.15) is 0 Å². The van der Waals surface area contributed by atoms with Crippen LogP contribution >= 0.6 is 0 Å². The van der Waals surface area contributed by atoms with Gasteiger partial charge in [-0.3, -0.25) is 4.98 Å². The van der Waals surface area contributed by atoms with Gasteiger partial charge >= 0.3 is 0 Å². The van der Waals surface area contributed by atoms with E-state index in [9.17, 15) is 0 Å². The number of benzene rings is 1. The first-order valence-corrected chi connectivity index (χ1v) is 8.11. The zero-order chi connectivity index (χ0) is 27.8. The third kappa shape index (κ3) is 2.68. The van der Waals surface area contributed by atoms with Crippen molar-refractivity contribution >= 4 is 22.1 Å². The molecule has 0 aliphatic heterocycles. The Labute approximate surface area is 169 Å². The molecule has 0 N–H and O–H groups in total. The van der Waals surface area contributed by atoms with Gasteiger partial charge in [0, 0.05) is 43.3 Å². The molecule has 1 aromatic carbocycles. The molecule has 4 aromatic rings. The first kappa shape index (κ1) is 8.34. The van der Waals surface area contributed by atoms with Crippen molar-refractivity contribution in [3.8, 4) is 11.3 Å². The predicted molar refractivity (Wildman–Crippen MR) is 108 cm³/mol. The van der Waals surface area contributed by atoms with Crippen LogP contribution in [-0.2, 0) is 0 Å². The number of nitrogens with zero attached hydrogens (tertiary/aromatic N) is 2. The van der Waals surface area contributed by atoms with Crippen LogP contribution in [0.15, 0.2) is 47.0 Å². The number of aryl methyl sites for hydroxylation is 1. The van der Waals surface area contributed by atoms with Gasteiger partial charge in [0.15, 0.2) is 0 Å². The minimum atomic E-state index is -3.40. The molecule has 0 aliphatic rings. The Hall–Kier alpha value is -2.68. The number of aromatic nitrogens is 2. The van der Waals surface area contributed by atoms with Crippen molar-refractivity contribution in [2.75, 3.05) is 0 Å². The van der Waals surface area contributed by atoms with Crippen LogP contribution in [-0.4, -0.2) is 9.97 Å². The average molecular weight is 356 g/mol. The number of pyridine rings is 2. The lowest BCUT2D eigenvalue weighted by Gasteiger charge is -2.16. The van der Waals surface area contributed by atoms with Gasteiger partial charge in [0.25, 0.3) is 0 Å². The molecule has 0 spiro atoms. The van der Waals surface area contributed by atoms with Crippen LogP contribution in [0.4, 0.5) is 0 Å².